The fourth-order valence-corrected chi connectivity index (χ4v) is 5.59. The molecule has 0 bridgehead atoms. The number of hydrogen-bond acceptors (Lipinski definition) is 6. The monoisotopic (exact) mass is 570 g/mol. The van der Waals surface area contributed by atoms with E-state index in [-0.39, 0.29) is 43.2 Å². The summed E-state index contributed by atoms with van der Waals surface area (Å²) in [5, 5.41) is 4.03. The van der Waals surface area contributed by atoms with Crippen LogP contribution in [-0.4, -0.2) is 53.9 Å². The summed E-state index contributed by atoms with van der Waals surface area (Å²) < 4.78 is 73.9. The van der Waals surface area contributed by atoms with Gasteiger partial charge in [-0.2, -0.15) is 27.3 Å². The van der Waals surface area contributed by atoms with Crippen molar-refractivity contribution in [1.29, 1.82) is 0 Å². The van der Waals surface area contributed by atoms with E-state index in [0.717, 1.165) is 10.7 Å². The number of aromatic nitrogens is 2. The molecular weight excluding hydrogens is 545 g/mol. The minimum atomic E-state index is -4.60. The first-order valence-electron chi connectivity index (χ1n) is 11.8. The van der Waals surface area contributed by atoms with Crippen LogP contribution in [0.2, 0.25) is 5.02 Å². The van der Waals surface area contributed by atoms with E-state index in [1.54, 1.807) is 36.9 Å². The topological polar surface area (TPSA) is 84.7 Å². The fraction of sp³-hybridized carbons (Fsp3) is 0.360. The average molecular weight is 571 g/mol. The predicted octanol–water partition coefficient (Wildman–Crippen LogP) is 4.34. The number of ether oxygens (including phenoxy) is 1. The Kier molecular flexibility index (Phi) is 8.05. The van der Waals surface area contributed by atoms with Gasteiger partial charge in [0.1, 0.15) is 12.3 Å². The fourth-order valence-electron chi connectivity index (χ4n) is 4.14. The molecule has 13 heteroatoms. The van der Waals surface area contributed by atoms with E-state index >= 15 is 0 Å². The highest BCUT2D eigenvalue weighted by Gasteiger charge is 2.34. The van der Waals surface area contributed by atoms with E-state index in [1.807, 2.05) is 0 Å². The van der Waals surface area contributed by atoms with Crippen LogP contribution in [0.25, 0.3) is 5.69 Å². The Morgan fingerprint density at radius 3 is 2.37 bits per heavy atom. The number of hydrogen-bond donors (Lipinski definition) is 0. The van der Waals surface area contributed by atoms with Gasteiger partial charge in [-0.1, -0.05) is 35.9 Å². The van der Waals surface area contributed by atoms with E-state index in [4.69, 9.17) is 16.3 Å². The smallest absolute Gasteiger partial charge is 0.416 e. The molecule has 2 heterocycles. The molecule has 0 atom stereocenters. The second-order valence-electron chi connectivity index (χ2n) is 8.98. The van der Waals surface area contributed by atoms with Crippen LogP contribution in [0.4, 0.5) is 18.9 Å². The van der Waals surface area contributed by atoms with Crippen molar-refractivity contribution < 1.29 is 26.3 Å². The zero-order chi connectivity index (χ0) is 27.7. The number of alkyl halides is 3. The maximum atomic E-state index is 13.5. The van der Waals surface area contributed by atoms with Crippen molar-refractivity contribution in [2.24, 2.45) is 0 Å². The molecule has 204 valence electrons. The predicted molar refractivity (Wildman–Crippen MR) is 138 cm³/mol. The van der Waals surface area contributed by atoms with Gasteiger partial charge in [-0.25, -0.2) is 8.42 Å². The molecule has 1 aliphatic heterocycles. The summed E-state index contributed by atoms with van der Waals surface area (Å²) >= 11 is 6.07. The van der Waals surface area contributed by atoms with Crippen LogP contribution in [0.15, 0.2) is 59.5 Å². The zero-order valence-corrected chi connectivity index (χ0v) is 22.2. The van der Waals surface area contributed by atoms with E-state index < -0.39 is 39.2 Å². The number of piperazine rings is 1. The molecule has 4 rings (SSSR count). The number of nitrogens with zero attached hydrogens (tertiary/aromatic N) is 4. The molecule has 0 unspecified atom stereocenters. The zero-order valence-electron chi connectivity index (χ0n) is 20.7. The van der Waals surface area contributed by atoms with Crippen LogP contribution >= 0.6 is 11.6 Å². The Hall–Kier alpha value is -3.09. The van der Waals surface area contributed by atoms with Crippen molar-refractivity contribution in [2.45, 2.75) is 31.9 Å². The largest absolute Gasteiger partial charge is 0.481 e. The van der Waals surface area contributed by atoms with Gasteiger partial charge in [0.25, 0.3) is 0 Å². The van der Waals surface area contributed by atoms with Crippen LogP contribution in [0.5, 0.6) is 5.75 Å². The maximum absolute atomic E-state index is 13.5. The molecule has 0 saturated carbocycles. The van der Waals surface area contributed by atoms with Gasteiger partial charge < -0.3 is 9.64 Å². The number of rotatable bonds is 7. The van der Waals surface area contributed by atoms with Gasteiger partial charge in [-0.15, -0.1) is 0 Å². The van der Waals surface area contributed by atoms with Crippen LogP contribution in [0.3, 0.4) is 0 Å². The normalized spacial score (nSPS) is 15.2. The summed E-state index contributed by atoms with van der Waals surface area (Å²) in [6.45, 7) is 3.52. The van der Waals surface area contributed by atoms with Crippen molar-refractivity contribution in [3.63, 3.8) is 0 Å². The van der Waals surface area contributed by atoms with Crippen LogP contribution in [0, 0.1) is 0 Å². The highest BCUT2D eigenvalue weighted by molar-refractivity contribution is 7.89. The third-order valence-electron chi connectivity index (χ3n) is 6.20. The summed E-state index contributed by atoms with van der Waals surface area (Å²) in [4.78, 5) is 15.3. The summed E-state index contributed by atoms with van der Waals surface area (Å²) in [7, 11) is -3.46. The van der Waals surface area contributed by atoms with Gasteiger partial charge in [0.05, 0.1) is 22.7 Å². The minimum absolute atomic E-state index is 0.135. The van der Waals surface area contributed by atoms with Crippen molar-refractivity contribution >= 4 is 27.3 Å². The molecule has 3 aromatic rings. The molecule has 0 N–H and O–H groups in total. The highest BCUT2D eigenvalue weighted by Crippen LogP contribution is 2.33. The molecule has 8 nitrogen and oxygen atoms in total. The van der Waals surface area contributed by atoms with Gasteiger partial charge in [0, 0.05) is 36.8 Å². The highest BCUT2D eigenvalue weighted by atomic mass is 35.5. The summed E-state index contributed by atoms with van der Waals surface area (Å²) in [6.07, 6.45) is -3.21. The standard InChI is InChI=1S/C25H26ClF3N4O4S/c1-17(2)38(35,36)32-12-10-31(11-13-32)22-15-30-33(20-8-5-7-19(26)14-20)24(34)23(22)37-16-18-6-3-4-9-21(18)25(27,28)29/h3-9,14-15,17H,10-13,16H2,1-2H3. The van der Waals surface area contributed by atoms with E-state index in [0.29, 0.717) is 10.7 Å². The number of benzene rings is 2. The van der Waals surface area contributed by atoms with Crippen LogP contribution in [0.1, 0.15) is 25.0 Å². The third-order valence-corrected chi connectivity index (χ3v) is 8.71. The third kappa shape index (κ3) is 5.82. The molecule has 1 aromatic heterocycles. The van der Waals surface area contributed by atoms with Crippen molar-refractivity contribution in [3.8, 4) is 11.4 Å². The second-order valence-corrected chi connectivity index (χ2v) is 11.9. The number of anilines is 1. The van der Waals surface area contributed by atoms with Gasteiger partial charge in [0.15, 0.2) is 0 Å². The molecule has 0 amide bonds. The Balaban J connectivity index is 1.70. The molecule has 38 heavy (non-hydrogen) atoms. The summed E-state index contributed by atoms with van der Waals surface area (Å²) in [6, 6.07) is 11.4. The Morgan fingerprint density at radius 2 is 1.74 bits per heavy atom. The Labute approximate surface area is 223 Å². The molecule has 1 aliphatic rings. The number of sulfonamides is 1. The molecule has 0 radical (unpaired) electrons. The lowest BCUT2D eigenvalue weighted by atomic mass is 10.1. The lowest BCUT2D eigenvalue weighted by Gasteiger charge is -2.36. The van der Waals surface area contributed by atoms with E-state index in [2.05, 4.69) is 5.10 Å². The minimum Gasteiger partial charge on any atom is -0.481 e. The summed E-state index contributed by atoms with van der Waals surface area (Å²) in [5.74, 6) is -0.197. The number of halogens is 4. The maximum Gasteiger partial charge on any atom is 0.416 e. The first kappa shape index (κ1) is 27.9. The SMILES string of the molecule is CC(C)S(=O)(=O)N1CCN(c2cnn(-c3cccc(Cl)c3)c(=O)c2OCc2ccccc2C(F)(F)F)CC1. The van der Waals surface area contributed by atoms with Crippen molar-refractivity contribution in [1.82, 2.24) is 14.1 Å². The summed E-state index contributed by atoms with van der Waals surface area (Å²) in [5.41, 5.74) is -1.07. The average Bonchev–Trinajstić information content (AvgIpc) is 2.87. The lowest BCUT2D eigenvalue weighted by molar-refractivity contribution is -0.138. The lowest BCUT2D eigenvalue weighted by Crippen LogP contribution is -2.50. The van der Waals surface area contributed by atoms with Gasteiger partial charge in [-0.3, -0.25) is 4.79 Å². The van der Waals surface area contributed by atoms with Crippen molar-refractivity contribution in [2.75, 3.05) is 31.1 Å². The van der Waals surface area contributed by atoms with Crippen LogP contribution in [-0.2, 0) is 22.8 Å². The molecular formula is C25H26ClF3N4O4S. The Morgan fingerprint density at radius 1 is 1.05 bits per heavy atom. The van der Waals surface area contributed by atoms with E-state index in [1.165, 1.54) is 34.8 Å². The first-order valence-corrected chi connectivity index (χ1v) is 13.7. The molecule has 0 spiro atoms. The van der Waals surface area contributed by atoms with Gasteiger partial charge >= 0.3 is 11.7 Å². The quantitative estimate of drug-likeness (QED) is 0.420. The van der Waals surface area contributed by atoms with Crippen LogP contribution < -0.4 is 15.2 Å². The molecule has 1 saturated heterocycles. The Bertz CT molecular complexity index is 1470. The first-order chi connectivity index (χ1) is 17.9. The van der Waals surface area contributed by atoms with Gasteiger partial charge in [-0.05, 0) is 38.1 Å². The van der Waals surface area contributed by atoms with Gasteiger partial charge in [0.2, 0.25) is 15.8 Å². The molecule has 1 fully saturated rings. The van der Waals surface area contributed by atoms with E-state index in [9.17, 15) is 26.4 Å². The second kappa shape index (κ2) is 11.0. The molecule has 2 aromatic carbocycles. The molecule has 0 aliphatic carbocycles. The van der Waals surface area contributed by atoms with Crippen molar-refractivity contribution in [3.05, 3.63) is 81.2 Å².